The summed E-state index contributed by atoms with van der Waals surface area (Å²) in [5, 5.41) is 3.18. The molecule has 1 unspecified atom stereocenters. The fourth-order valence-electron chi connectivity index (χ4n) is 2.01. The summed E-state index contributed by atoms with van der Waals surface area (Å²) >= 11 is 0. The van der Waals surface area contributed by atoms with Crippen molar-refractivity contribution in [3.63, 3.8) is 0 Å². The predicted octanol–water partition coefficient (Wildman–Crippen LogP) is 2.93. The molecule has 0 bridgehead atoms. The Morgan fingerprint density at radius 1 is 1.32 bits per heavy atom. The number of carbonyl (C=O) groups excluding carboxylic acids is 1. The van der Waals surface area contributed by atoms with Crippen LogP contribution in [0.4, 0.5) is 5.69 Å². The summed E-state index contributed by atoms with van der Waals surface area (Å²) in [5.41, 5.74) is 6.26. The van der Waals surface area contributed by atoms with Gasteiger partial charge in [-0.2, -0.15) is 0 Å². The molecule has 0 aliphatic rings. The number of unbranched alkanes of at least 4 members (excludes halogenated alkanes) is 3. The first-order valence-corrected chi connectivity index (χ1v) is 6.88. The third-order valence-electron chi connectivity index (χ3n) is 3.13. The number of ether oxygens (including phenoxy) is 1. The van der Waals surface area contributed by atoms with Crippen LogP contribution in [-0.2, 0) is 4.79 Å². The van der Waals surface area contributed by atoms with Crippen LogP contribution in [0.2, 0.25) is 0 Å². The highest BCUT2D eigenvalue weighted by Crippen LogP contribution is 2.24. The molecule has 0 fully saturated rings. The first-order valence-electron chi connectivity index (χ1n) is 6.88. The summed E-state index contributed by atoms with van der Waals surface area (Å²) in [5.74, 6) is 0.407. The van der Waals surface area contributed by atoms with Crippen LogP contribution in [0.25, 0.3) is 0 Å². The van der Waals surface area contributed by atoms with Crippen LogP contribution in [0.3, 0.4) is 0 Å². The van der Waals surface area contributed by atoms with Gasteiger partial charge in [-0.3, -0.25) is 4.79 Å². The summed E-state index contributed by atoms with van der Waals surface area (Å²) in [6, 6.07) is 7.20. The van der Waals surface area contributed by atoms with Crippen molar-refractivity contribution in [2.45, 2.75) is 45.1 Å². The third kappa shape index (κ3) is 5.20. The van der Waals surface area contributed by atoms with Gasteiger partial charge in [0.1, 0.15) is 11.8 Å². The van der Waals surface area contributed by atoms with E-state index in [9.17, 15) is 4.79 Å². The molecular weight excluding hydrogens is 240 g/mol. The highest BCUT2D eigenvalue weighted by Gasteiger charge is 2.16. The van der Waals surface area contributed by atoms with E-state index in [0.29, 0.717) is 0 Å². The Morgan fingerprint density at radius 2 is 2.05 bits per heavy atom. The van der Waals surface area contributed by atoms with Crippen LogP contribution in [-0.4, -0.2) is 19.1 Å². The lowest BCUT2D eigenvalue weighted by Crippen LogP contribution is -2.35. The van der Waals surface area contributed by atoms with Gasteiger partial charge in [0.05, 0.1) is 12.8 Å². The molecule has 0 heterocycles. The molecule has 1 rings (SSSR count). The van der Waals surface area contributed by atoms with E-state index >= 15 is 0 Å². The fourth-order valence-corrected chi connectivity index (χ4v) is 2.01. The first kappa shape index (κ1) is 15.3. The van der Waals surface area contributed by atoms with Gasteiger partial charge >= 0.3 is 0 Å². The SMILES string of the molecule is CCCCCCC(Nc1ccccc1OC)C(N)=O. The van der Waals surface area contributed by atoms with Crippen LogP contribution in [0.5, 0.6) is 5.75 Å². The molecule has 0 spiro atoms. The molecule has 106 valence electrons. The van der Waals surface area contributed by atoms with Crippen molar-refractivity contribution in [2.75, 3.05) is 12.4 Å². The van der Waals surface area contributed by atoms with Crippen molar-refractivity contribution in [1.29, 1.82) is 0 Å². The van der Waals surface area contributed by atoms with Crippen LogP contribution in [0.1, 0.15) is 39.0 Å². The molecule has 0 radical (unpaired) electrons. The highest BCUT2D eigenvalue weighted by molar-refractivity contribution is 5.83. The number of hydrogen-bond acceptors (Lipinski definition) is 3. The predicted molar refractivity (Wildman–Crippen MR) is 78.4 cm³/mol. The molecule has 4 nitrogen and oxygen atoms in total. The first-order chi connectivity index (χ1) is 9.19. The minimum atomic E-state index is -0.340. The quantitative estimate of drug-likeness (QED) is 0.674. The van der Waals surface area contributed by atoms with Crippen molar-refractivity contribution < 1.29 is 9.53 Å². The molecule has 1 aromatic carbocycles. The Kier molecular flexibility index (Phi) is 6.79. The van der Waals surface area contributed by atoms with E-state index < -0.39 is 0 Å². The average molecular weight is 264 g/mol. The maximum Gasteiger partial charge on any atom is 0.239 e. The molecule has 0 saturated carbocycles. The number of primary amides is 1. The molecule has 0 aliphatic heterocycles. The summed E-state index contributed by atoms with van der Waals surface area (Å²) < 4.78 is 5.25. The van der Waals surface area contributed by atoms with E-state index in [-0.39, 0.29) is 11.9 Å². The van der Waals surface area contributed by atoms with Gasteiger partial charge in [-0.15, -0.1) is 0 Å². The topological polar surface area (TPSA) is 64.3 Å². The second-order valence-electron chi connectivity index (χ2n) is 4.65. The van der Waals surface area contributed by atoms with E-state index in [0.717, 1.165) is 30.7 Å². The zero-order valence-electron chi connectivity index (χ0n) is 11.8. The van der Waals surface area contributed by atoms with Gasteiger partial charge < -0.3 is 15.8 Å². The van der Waals surface area contributed by atoms with Gasteiger partial charge in [0.25, 0.3) is 0 Å². The molecule has 1 atom stereocenters. The number of methoxy groups -OCH3 is 1. The Balaban J connectivity index is 2.60. The van der Waals surface area contributed by atoms with Gasteiger partial charge in [0, 0.05) is 0 Å². The van der Waals surface area contributed by atoms with Crippen LogP contribution >= 0.6 is 0 Å². The molecule has 4 heteroatoms. The molecule has 0 aromatic heterocycles. The highest BCUT2D eigenvalue weighted by atomic mass is 16.5. The van der Waals surface area contributed by atoms with Crippen LogP contribution in [0, 0.1) is 0 Å². The van der Waals surface area contributed by atoms with Crippen LogP contribution in [0.15, 0.2) is 24.3 Å². The van der Waals surface area contributed by atoms with Gasteiger partial charge in [-0.25, -0.2) is 0 Å². The Morgan fingerprint density at radius 3 is 2.68 bits per heavy atom. The zero-order chi connectivity index (χ0) is 14.1. The van der Waals surface area contributed by atoms with Crippen molar-refractivity contribution in [3.8, 4) is 5.75 Å². The lowest BCUT2D eigenvalue weighted by molar-refractivity contribution is -0.118. The van der Waals surface area contributed by atoms with Gasteiger partial charge in [-0.1, -0.05) is 44.7 Å². The Bertz CT molecular complexity index is 393. The van der Waals surface area contributed by atoms with Gasteiger partial charge in [0.2, 0.25) is 5.91 Å². The maximum absolute atomic E-state index is 11.5. The van der Waals surface area contributed by atoms with E-state index in [2.05, 4.69) is 12.2 Å². The maximum atomic E-state index is 11.5. The lowest BCUT2D eigenvalue weighted by Gasteiger charge is -2.18. The average Bonchev–Trinajstić information content (AvgIpc) is 2.42. The smallest absolute Gasteiger partial charge is 0.239 e. The monoisotopic (exact) mass is 264 g/mol. The van der Waals surface area contributed by atoms with Crippen molar-refractivity contribution in [1.82, 2.24) is 0 Å². The van der Waals surface area contributed by atoms with E-state index in [1.54, 1.807) is 7.11 Å². The number of nitrogens with one attached hydrogen (secondary N) is 1. The molecule has 1 aromatic rings. The number of rotatable bonds is 9. The molecule has 1 amide bonds. The molecule has 0 aliphatic carbocycles. The van der Waals surface area contributed by atoms with Crippen molar-refractivity contribution in [2.24, 2.45) is 5.73 Å². The molecular formula is C15H24N2O2. The largest absolute Gasteiger partial charge is 0.495 e. The zero-order valence-corrected chi connectivity index (χ0v) is 11.8. The molecule has 0 saturated heterocycles. The second-order valence-corrected chi connectivity index (χ2v) is 4.65. The minimum absolute atomic E-state index is 0.317. The van der Waals surface area contributed by atoms with Crippen LogP contribution < -0.4 is 15.8 Å². The number of anilines is 1. The number of nitrogens with two attached hydrogens (primary N) is 1. The lowest BCUT2D eigenvalue weighted by atomic mass is 10.1. The van der Waals surface area contributed by atoms with Crippen molar-refractivity contribution >= 4 is 11.6 Å². The summed E-state index contributed by atoms with van der Waals surface area (Å²) in [7, 11) is 1.61. The van der Waals surface area contributed by atoms with Gasteiger partial charge in [-0.05, 0) is 18.6 Å². The van der Waals surface area contributed by atoms with E-state index in [4.69, 9.17) is 10.5 Å². The Labute approximate surface area is 115 Å². The molecule has 19 heavy (non-hydrogen) atoms. The number of hydrogen-bond donors (Lipinski definition) is 2. The summed E-state index contributed by atoms with van der Waals surface area (Å²) in [6.45, 7) is 2.17. The Hall–Kier alpha value is -1.71. The number of amides is 1. The number of carbonyl (C=O) groups is 1. The summed E-state index contributed by atoms with van der Waals surface area (Å²) in [4.78, 5) is 11.5. The van der Waals surface area contributed by atoms with Crippen molar-refractivity contribution in [3.05, 3.63) is 24.3 Å². The number of para-hydroxylation sites is 2. The minimum Gasteiger partial charge on any atom is -0.495 e. The fraction of sp³-hybridized carbons (Fsp3) is 0.533. The van der Waals surface area contributed by atoms with E-state index in [1.807, 2.05) is 24.3 Å². The van der Waals surface area contributed by atoms with E-state index in [1.165, 1.54) is 12.8 Å². The standard InChI is InChI=1S/C15H24N2O2/c1-3-4-5-6-10-13(15(16)18)17-12-9-7-8-11-14(12)19-2/h7-9,11,13,17H,3-6,10H2,1-2H3,(H2,16,18). The summed E-state index contributed by atoms with van der Waals surface area (Å²) in [6.07, 6.45) is 5.27. The number of benzene rings is 1. The molecule has 3 N–H and O–H groups in total. The van der Waals surface area contributed by atoms with Gasteiger partial charge in [0.15, 0.2) is 0 Å². The second kappa shape index (κ2) is 8.40. The third-order valence-corrected chi connectivity index (χ3v) is 3.13. The normalized spacial score (nSPS) is 11.9.